The Labute approximate surface area is 137 Å². The lowest BCUT2D eigenvalue weighted by Gasteiger charge is -2.10. The van der Waals surface area contributed by atoms with E-state index in [4.69, 9.17) is 10.6 Å². The van der Waals surface area contributed by atoms with Crippen LogP contribution in [0.2, 0.25) is 0 Å². The molecule has 1 aromatic carbocycles. The second-order valence-corrected chi connectivity index (χ2v) is 5.58. The van der Waals surface area contributed by atoms with E-state index >= 15 is 0 Å². The van der Waals surface area contributed by atoms with Crippen molar-refractivity contribution < 1.29 is 9.53 Å². The number of amides is 1. The van der Waals surface area contributed by atoms with Crippen LogP contribution in [0.1, 0.15) is 10.5 Å². The quantitative estimate of drug-likeness (QED) is 0.522. The van der Waals surface area contributed by atoms with Crippen LogP contribution in [0.5, 0.6) is 5.75 Å². The van der Waals surface area contributed by atoms with Gasteiger partial charge in [-0.05, 0) is 50.1 Å². The van der Waals surface area contributed by atoms with E-state index in [1.807, 2.05) is 0 Å². The van der Waals surface area contributed by atoms with Crippen molar-refractivity contribution >= 4 is 49.3 Å². The summed E-state index contributed by atoms with van der Waals surface area (Å²) in [7, 11) is 1.55. The van der Waals surface area contributed by atoms with E-state index in [0.29, 0.717) is 21.7 Å². The molecule has 4 N–H and O–H groups in total. The Morgan fingerprint density at radius 2 is 2.00 bits per heavy atom. The molecule has 1 heterocycles. The zero-order valence-electron chi connectivity index (χ0n) is 10.9. The highest BCUT2D eigenvalue weighted by Crippen LogP contribution is 2.34. The number of methoxy groups -OCH3 is 1. The van der Waals surface area contributed by atoms with Crippen molar-refractivity contribution in [2.75, 3.05) is 17.9 Å². The molecule has 0 saturated carbocycles. The number of halogens is 2. The number of ether oxygens (including phenoxy) is 1. The third-order valence-electron chi connectivity index (χ3n) is 2.53. The normalized spacial score (nSPS) is 10.1. The van der Waals surface area contributed by atoms with Crippen molar-refractivity contribution in [1.82, 2.24) is 10.2 Å². The average Bonchev–Trinajstić information content (AvgIpc) is 2.50. The van der Waals surface area contributed by atoms with Gasteiger partial charge in [0.25, 0.3) is 5.91 Å². The van der Waals surface area contributed by atoms with Gasteiger partial charge in [0, 0.05) is 10.5 Å². The SMILES string of the molecule is COc1cc(NC(=O)c2ccc(NN)nn2)c(Br)cc1Br. The van der Waals surface area contributed by atoms with Crippen molar-refractivity contribution in [3.63, 3.8) is 0 Å². The molecule has 2 rings (SSSR count). The number of hydrogen-bond acceptors (Lipinski definition) is 6. The third kappa shape index (κ3) is 3.69. The van der Waals surface area contributed by atoms with Crippen molar-refractivity contribution in [3.8, 4) is 5.75 Å². The Kier molecular flexibility index (Phi) is 5.10. The number of nitrogens with two attached hydrogens (primary N) is 1. The summed E-state index contributed by atoms with van der Waals surface area (Å²) in [6.45, 7) is 0. The molecule has 1 aromatic heterocycles. The van der Waals surface area contributed by atoms with E-state index in [1.165, 1.54) is 6.07 Å². The van der Waals surface area contributed by atoms with Gasteiger partial charge >= 0.3 is 0 Å². The molecule has 0 aliphatic rings. The Bertz CT molecular complexity index is 663. The van der Waals surface area contributed by atoms with Crippen molar-refractivity contribution in [1.29, 1.82) is 0 Å². The highest BCUT2D eigenvalue weighted by atomic mass is 79.9. The molecule has 21 heavy (non-hydrogen) atoms. The van der Waals surface area contributed by atoms with Gasteiger partial charge in [-0.3, -0.25) is 4.79 Å². The lowest BCUT2D eigenvalue weighted by atomic mass is 10.3. The van der Waals surface area contributed by atoms with Gasteiger partial charge in [-0.1, -0.05) is 0 Å². The van der Waals surface area contributed by atoms with E-state index in [1.54, 1.807) is 25.3 Å². The lowest BCUT2D eigenvalue weighted by molar-refractivity contribution is 0.102. The fraction of sp³-hybridized carbons (Fsp3) is 0.0833. The van der Waals surface area contributed by atoms with Crippen LogP contribution in [0.15, 0.2) is 33.2 Å². The molecule has 0 radical (unpaired) electrons. The minimum absolute atomic E-state index is 0.169. The number of nitrogens with zero attached hydrogens (tertiary/aromatic N) is 2. The molecule has 0 bridgehead atoms. The van der Waals surface area contributed by atoms with Gasteiger partial charge in [0.1, 0.15) is 5.75 Å². The predicted octanol–water partition coefficient (Wildman–Crippen LogP) is 2.55. The Morgan fingerprint density at radius 3 is 2.57 bits per heavy atom. The monoisotopic (exact) mass is 415 g/mol. The fourth-order valence-electron chi connectivity index (χ4n) is 1.50. The van der Waals surface area contributed by atoms with Gasteiger partial charge in [0.15, 0.2) is 11.5 Å². The average molecular weight is 417 g/mol. The Balaban J connectivity index is 2.22. The van der Waals surface area contributed by atoms with Crippen LogP contribution in [0.25, 0.3) is 0 Å². The molecule has 2 aromatic rings. The summed E-state index contributed by atoms with van der Waals surface area (Å²) < 4.78 is 6.67. The lowest BCUT2D eigenvalue weighted by Crippen LogP contribution is -2.16. The second kappa shape index (κ2) is 6.83. The number of anilines is 2. The third-order valence-corrected chi connectivity index (χ3v) is 3.81. The molecular weight excluding hydrogens is 406 g/mol. The van der Waals surface area contributed by atoms with E-state index in [-0.39, 0.29) is 5.69 Å². The maximum absolute atomic E-state index is 12.1. The van der Waals surface area contributed by atoms with Gasteiger partial charge in [0.2, 0.25) is 0 Å². The maximum Gasteiger partial charge on any atom is 0.276 e. The summed E-state index contributed by atoms with van der Waals surface area (Å²) in [6, 6.07) is 6.54. The number of benzene rings is 1. The zero-order valence-corrected chi connectivity index (χ0v) is 14.0. The van der Waals surface area contributed by atoms with Gasteiger partial charge in [0.05, 0.1) is 17.3 Å². The van der Waals surface area contributed by atoms with Crippen LogP contribution in [0.4, 0.5) is 11.5 Å². The minimum Gasteiger partial charge on any atom is -0.495 e. The summed E-state index contributed by atoms with van der Waals surface area (Å²) in [5.41, 5.74) is 3.07. The van der Waals surface area contributed by atoms with Crippen molar-refractivity contribution in [3.05, 3.63) is 38.9 Å². The van der Waals surface area contributed by atoms with E-state index in [2.05, 4.69) is 52.8 Å². The fourth-order valence-corrected chi connectivity index (χ4v) is 2.75. The molecule has 0 saturated heterocycles. The van der Waals surface area contributed by atoms with Gasteiger partial charge in [-0.2, -0.15) is 0 Å². The van der Waals surface area contributed by atoms with Gasteiger partial charge in [-0.25, -0.2) is 5.84 Å². The summed E-state index contributed by atoms with van der Waals surface area (Å²) in [6.07, 6.45) is 0. The van der Waals surface area contributed by atoms with Crippen LogP contribution >= 0.6 is 31.9 Å². The molecule has 0 atom stereocenters. The van der Waals surface area contributed by atoms with E-state index < -0.39 is 5.91 Å². The molecule has 0 aliphatic carbocycles. The summed E-state index contributed by atoms with van der Waals surface area (Å²) >= 11 is 6.73. The molecule has 1 amide bonds. The highest BCUT2D eigenvalue weighted by Gasteiger charge is 2.13. The number of hydrazine groups is 1. The van der Waals surface area contributed by atoms with Gasteiger partial charge < -0.3 is 15.5 Å². The predicted molar refractivity (Wildman–Crippen MR) is 86.2 cm³/mol. The zero-order chi connectivity index (χ0) is 15.4. The standard InChI is InChI=1S/C12H11Br2N5O2/c1-21-10-5-9(6(13)4-7(10)14)16-12(20)8-2-3-11(17-15)19-18-8/h2-5H,15H2,1H3,(H,16,20)(H,17,19). The number of carbonyl (C=O) groups excluding carboxylic acids is 1. The first kappa shape index (κ1) is 15.7. The molecule has 0 fully saturated rings. The number of carbonyl (C=O) groups is 1. The minimum atomic E-state index is -0.392. The first-order valence-corrected chi connectivity index (χ1v) is 7.28. The Morgan fingerprint density at radius 1 is 1.24 bits per heavy atom. The molecule has 0 aliphatic heterocycles. The first-order chi connectivity index (χ1) is 10.0. The number of rotatable bonds is 4. The smallest absolute Gasteiger partial charge is 0.276 e. The largest absolute Gasteiger partial charge is 0.495 e. The second-order valence-electron chi connectivity index (χ2n) is 3.87. The number of nitrogens with one attached hydrogen (secondary N) is 2. The van der Waals surface area contributed by atoms with Crippen molar-refractivity contribution in [2.24, 2.45) is 5.84 Å². The van der Waals surface area contributed by atoms with E-state index in [0.717, 1.165) is 4.47 Å². The molecule has 110 valence electrons. The van der Waals surface area contributed by atoms with Crippen LogP contribution in [0.3, 0.4) is 0 Å². The molecule has 9 heteroatoms. The topological polar surface area (TPSA) is 102 Å². The van der Waals surface area contributed by atoms with Crippen LogP contribution in [0, 0.1) is 0 Å². The summed E-state index contributed by atoms with van der Waals surface area (Å²) in [4.78, 5) is 12.1. The summed E-state index contributed by atoms with van der Waals surface area (Å²) in [5, 5.41) is 10.2. The molecule has 0 unspecified atom stereocenters. The molecule has 0 spiro atoms. The van der Waals surface area contributed by atoms with Crippen LogP contribution < -0.4 is 21.3 Å². The summed E-state index contributed by atoms with van der Waals surface area (Å²) in [5.74, 6) is 5.77. The number of aromatic nitrogens is 2. The Hall–Kier alpha value is -1.71. The molecule has 7 nitrogen and oxygen atoms in total. The van der Waals surface area contributed by atoms with Crippen LogP contribution in [-0.4, -0.2) is 23.2 Å². The molecular formula is C12H11Br2N5O2. The number of nitrogen functional groups attached to an aromatic ring is 1. The van der Waals surface area contributed by atoms with Crippen LogP contribution in [-0.2, 0) is 0 Å². The number of hydrogen-bond donors (Lipinski definition) is 3. The van der Waals surface area contributed by atoms with Gasteiger partial charge in [-0.15, -0.1) is 10.2 Å². The first-order valence-electron chi connectivity index (χ1n) is 5.70. The highest BCUT2D eigenvalue weighted by molar-refractivity contribution is 9.11. The maximum atomic E-state index is 12.1. The van der Waals surface area contributed by atoms with E-state index in [9.17, 15) is 4.79 Å². The van der Waals surface area contributed by atoms with Crippen molar-refractivity contribution in [2.45, 2.75) is 0 Å².